The smallest absolute Gasteiger partial charge is 0.407 e. The number of ether oxygens (including phenoxy) is 1. The average Bonchev–Trinajstić information content (AvgIpc) is 3.93. The molecule has 0 bridgehead atoms. The highest BCUT2D eigenvalue weighted by Crippen LogP contribution is 2.45. The maximum Gasteiger partial charge on any atom is 0.407 e. The zero-order chi connectivity index (χ0) is 48.1. The number of likely N-dealkylation sites (N-methyl/N-ethyl adjacent to an activating group) is 1. The summed E-state index contributed by atoms with van der Waals surface area (Å²) in [7, 11) is -0.595. The molecule has 356 valence electrons. The number of hydrogen-bond donors (Lipinski definition) is 4. The monoisotopic (exact) mass is 938 g/mol. The lowest BCUT2D eigenvalue weighted by Crippen LogP contribution is -2.53. The lowest BCUT2D eigenvalue weighted by molar-refractivity contribution is -0.150. The number of piperidine rings is 1. The number of carbonyl (C=O) groups excluding carboxylic acids is 6. The molecule has 5 heterocycles. The van der Waals surface area contributed by atoms with Gasteiger partial charge in [-0.1, -0.05) is 12.1 Å². The number of alkyl carbamates (subject to hydrolysis) is 1. The Morgan fingerprint density at radius 3 is 2.30 bits per heavy atom. The van der Waals surface area contributed by atoms with Gasteiger partial charge in [0.05, 0.1) is 5.75 Å². The van der Waals surface area contributed by atoms with Crippen molar-refractivity contribution in [1.82, 2.24) is 35.3 Å². The third kappa shape index (κ3) is 9.97. The van der Waals surface area contributed by atoms with E-state index >= 15 is 0 Å². The van der Waals surface area contributed by atoms with Crippen LogP contribution in [-0.2, 0) is 56.5 Å². The first-order chi connectivity index (χ1) is 31.7. The van der Waals surface area contributed by atoms with Crippen LogP contribution in [0.2, 0.25) is 0 Å². The summed E-state index contributed by atoms with van der Waals surface area (Å²) in [6.45, 7) is 6.81. The minimum Gasteiger partial charge on any atom is -0.444 e. The quantitative estimate of drug-likeness (QED) is 0.0987. The van der Waals surface area contributed by atoms with Crippen LogP contribution in [0, 0.1) is 5.92 Å². The maximum absolute atomic E-state index is 14.2. The van der Waals surface area contributed by atoms with E-state index in [0.29, 0.717) is 70.6 Å². The molecular formula is C48H58N8O10S. The number of aromatic nitrogens is 2. The molecule has 1 aliphatic carbocycles. The van der Waals surface area contributed by atoms with Crippen LogP contribution in [-0.4, -0.2) is 115 Å². The number of unbranched alkanes of at least 4 members (excludes halogenated alkanes) is 1. The van der Waals surface area contributed by atoms with Gasteiger partial charge >= 0.3 is 6.09 Å². The summed E-state index contributed by atoms with van der Waals surface area (Å²) in [6, 6.07) is 8.32. The first kappa shape index (κ1) is 47.0. The van der Waals surface area contributed by atoms with Crippen molar-refractivity contribution in [1.29, 1.82) is 0 Å². The highest BCUT2D eigenvalue weighted by Gasteiger charge is 2.42. The van der Waals surface area contributed by atoms with Gasteiger partial charge in [-0.15, -0.1) is 0 Å². The Hall–Kier alpha value is -6.50. The summed E-state index contributed by atoms with van der Waals surface area (Å²) in [5.41, 5.74) is 4.73. The van der Waals surface area contributed by atoms with Gasteiger partial charge < -0.3 is 40.0 Å². The van der Waals surface area contributed by atoms with Gasteiger partial charge in [0.2, 0.25) is 5.91 Å². The van der Waals surface area contributed by atoms with Crippen molar-refractivity contribution in [2.45, 2.75) is 96.2 Å². The van der Waals surface area contributed by atoms with Gasteiger partial charge in [0.15, 0.2) is 9.84 Å². The molecule has 4 N–H and O–H groups in total. The fourth-order valence-electron chi connectivity index (χ4n) is 9.39. The van der Waals surface area contributed by atoms with Crippen LogP contribution in [0.5, 0.6) is 0 Å². The van der Waals surface area contributed by atoms with Crippen molar-refractivity contribution in [3.05, 3.63) is 86.0 Å². The molecule has 2 fully saturated rings. The van der Waals surface area contributed by atoms with E-state index in [9.17, 15) is 42.0 Å². The highest BCUT2D eigenvalue weighted by atomic mass is 32.2. The molecule has 19 heteroatoms. The van der Waals surface area contributed by atoms with Gasteiger partial charge in [0.25, 0.3) is 29.2 Å². The number of pyridine rings is 1. The molecule has 3 aliphatic heterocycles. The summed E-state index contributed by atoms with van der Waals surface area (Å²) >= 11 is 0. The van der Waals surface area contributed by atoms with Crippen LogP contribution in [0.3, 0.4) is 0 Å². The van der Waals surface area contributed by atoms with E-state index < -0.39 is 45.1 Å². The largest absolute Gasteiger partial charge is 0.444 e. The molecule has 4 aliphatic rings. The van der Waals surface area contributed by atoms with Gasteiger partial charge in [-0.05, 0) is 100 Å². The topological polar surface area (TPSA) is 229 Å². The SMILES string of the molecule is CN1C(=O)CCC(N2Cc3c(CCCCNC(=O)c4cc5c(cc4CS(C)(=O)=O)-c4cn(C)c(=O)c6[nH]c(C(=O)NCCNC(=O)OC(C)(C)C)c(c46)CN5CC4CC4)cccc3C2=O)C1=O. The number of carbonyl (C=O) groups is 6. The van der Waals surface area contributed by atoms with Crippen molar-refractivity contribution < 1.29 is 41.9 Å². The zero-order valence-electron chi connectivity index (χ0n) is 38.8. The minimum absolute atomic E-state index is 0.0810. The second kappa shape index (κ2) is 18.3. The van der Waals surface area contributed by atoms with E-state index in [0.717, 1.165) is 35.1 Å². The number of fused-ring (bicyclic) bond motifs is 3. The fraction of sp³-hybridized carbons (Fsp3) is 0.479. The van der Waals surface area contributed by atoms with E-state index in [1.54, 1.807) is 57.1 Å². The minimum atomic E-state index is -3.65. The molecule has 18 nitrogen and oxygen atoms in total. The highest BCUT2D eigenvalue weighted by molar-refractivity contribution is 7.89. The van der Waals surface area contributed by atoms with Crippen molar-refractivity contribution in [3.8, 4) is 11.1 Å². The first-order valence-corrected chi connectivity index (χ1v) is 24.8. The summed E-state index contributed by atoms with van der Waals surface area (Å²) < 4.78 is 32.6. The fourth-order valence-corrected chi connectivity index (χ4v) is 10.2. The predicted octanol–water partition coefficient (Wildman–Crippen LogP) is 3.92. The summed E-state index contributed by atoms with van der Waals surface area (Å²) in [5.74, 6) is -1.84. The molecule has 1 saturated carbocycles. The van der Waals surface area contributed by atoms with Crippen LogP contribution in [0.25, 0.3) is 22.0 Å². The van der Waals surface area contributed by atoms with Crippen LogP contribution in [0.15, 0.2) is 41.3 Å². The van der Waals surface area contributed by atoms with Crippen LogP contribution in [0.1, 0.15) is 113 Å². The number of amides is 6. The number of likely N-dealkylation sites (tertiary alicyclic amines) is 1. The van der Waals surface area contributed by atoms with Crippen molar-refractivity contribution in [2.75, 3.05) is 44.4 Å². The Bertz CT molecular complexity index is 2890. The third-order valence-electron chi connectivity index (χ3n) is 12.8. The van der Waals surface area contributed by atoms with Crippen LogP contribution >= 0.6 is 0 Å². The van der Waals surface area contributed by atoms with Crippen molar-refractivity contribution in [3.63, 3.8) is 0 Å². The summed E-state index contributed by atoms with van der Waals surface area (Å²) in [6.07, 6.45) is 6.51. The van der Waals surface area contributed by atoms with Gasteiger partial charge in [0, 0.05) is 111 Å². The molecule has 1 saturated heterocycles. The summed E-state index contributed by atoms with van der Waals surface area (Å²) in [5, 5.41) is 9.02. The maximum atomic E-state index is 14.2. The molecule has 2 aromatic carbocycles. The Morgan fingerprint density at radius 1 is 0.851 bits per heavy atom. The molecule has 0 spiro atoms. The van der Waals surface area contributed by atoms with Crippen LogP contribution < -0.4 is 26.4 Å². The number of hydrogen-bond acceptors (Lipinski definition) is 11. The van der Waals surface area contributed by atoms with Crippen molar-refractivity contribution in [2.24, 2.45) is 13.0 Å². The number of sulfone groups is 1. The number of nitrogens with one attached hydrogen (secondary N) is 4. The number of rotatable bonds is 15. The van der Waals surface area contributed by atoms with Gasteiger partial charge in [-0.3, -0.25) is 33.7 Å². The molecule has 2 aromatic heterocycles. The average molecular weight is 939 g/mol. The normalized spacial score (nSPS) is 17.1. The first-order valence-electron chi connectivity index (χ1n) is 22.8. The number of aromatic amines is 1. The Labute approximate surface area is 388 Å². The molecule has 6 amide bonds. The second-order valence-electron chi connectivity index (χ2n) is 19.2. The summed E-state index contributed by atoms with van der Waals surface area (Å²) in [4.78, 5) is 100. The van der Waals surface area contributed by atoms with E-state index in [2.05, 4.69) is 25.8 Å². The molecular weight excluding hydrogens is 881 g/mol. The number of H-pyrrole nitrogens is 1. The van der Waals surface area contributed by atoms with E-state index in [1.807, 2.05) is 12.1 Å². The molecule has 0 radical (unpaired) electrons. The van der Waals surface area contributed by atoms with E-state index in [4.69, 9.17) is 4.74 Å². The van der Waals surface area contributed by atoms with E-state index in [1.165, 1.54) is 11.6 Å². The zero-order valence-corrected chi connectivity index (χ0v) is 39.6. The second-order valence-corrected chi connectivity index (χ2v) is 21.4. The molecule has 4 aromatic rings. The molecule has 1 atom stereocenters. The standard InChI is InChI=1S/C48H58N8O10S/c1-48(2,3)66-47(63)51-19-18-50-43(59)40-35-24-55(22-27-13-14-27)37-21-31(29(26-67(6,64)65)20-32(37)34-23-53(4)46(62)41(52-40)39(34)35)42(58)49-17-8-7-10-28-11-9-12-30-33(28)25-56(44(30)60)36-15-16-38(57)54(5)45(36)61/h9,11-12,20-21,23,27,36,52H,7-8,10,13-19,22,24-26H2,1-6H3,(H,49,58)(H,50,59)(H,51,63). The van der Waals surface area contributed by atoms with Gasteiger partial charge in [-0.25, -0.2) is 13.2 Å². The van der Waals surface area contributed by atoms with Crippen molar-refractivity contribution >= 4 is 62.1 Å². The Kier molecular flexibility index (Phi) is 12.8. The number of imide groups is 1. The Balaban J connectivity index is 1.02. The molecule has 67 heavy (non-hydrogen) atoms. The lowest BCUT2D eigenvalue weighted by Gasteiger charge is -2.33. The van der Waals surface area contributed by atoms with Gasteiger partial charge in [-0.2, -0.15) is 0 Å². The number of nitrogens with zero attached hydrogens (tertiary/aromatic N) is 4. The third-order valence-corrected chi connectivity index (χ3v) is 13.7. The number of anilines is 1. The van der Waals surface area contributed by atoms with Crippen LogP contribution in [0.4, 0.5) is 10.5 Å². The lowest BCUT2D eigenvalue weighted by atomic mass is 9.95. The molecule has 8 rings (SSSR count). The van der Waals surface area contributed by atoms with Gasteiger partial charge in [0.1, 0.15) is 22.9 Å². The Morgan fingerprint density at radius 2 is 1.58 bits per heavy atom. The number of benzene rings is 2. The molecule has 1 unspecified atom stereocenters. The number of aryl methyl sites for hydroxylation is 2. The van der Waals surface area contributed by atoms with E-state index in [-0.39, 0.29) is 85.6 Å². The predicted molar refractivity (Wildman–Crippen MR) is 250 cm³/mol.